The number of carbonyl (C=O) groups is 2. The molecule has 2 amide bonds. The standard InChI is InChI=1S/C26H24Cl2N2O3/c27-21-7-6-19(24(28)15-21)17-33-23-10-8-22(9-11-23)30-16-20(14-25(30)31)26(32)29-13-12-18-4-2-1-3-5-18/h1-11,15,20H,12-14,16-17H2,(H,29,32). The highest BCUT2D eigenvalue weighted by molar-refractivity contribution is 6.35. The third kappa shape index (κ3) is 6.06. The van der Waals surface area contributed by atoms with Crippen LogP contribution in [-0.4, -0.2) is 24.9 Å². The van der Waals surface area contributed by atoms with E-state index < -0.39 is 0 Å². The molecule has 1 saturated heterocycles. The molecule has 0 aromatic heterocycles. The first-order valence-electron chi connectivity index (χ1n) is 10.8. The molecule has 1 aliphatic heterocycles. The van der Waals surface area contributed by atoms with Crippen molar-refractivity contribution in [2.45, 2.75) is 19.4 Å². The number of nitrogens with zero attached hydrogens (tertiary/aromatic N) is 1. The van der Waals surface area contributed by atoms with Crippen molar-refractivity contribution in [3.8, 4) is 5.75 Å². The first kappa shape index (κ1) is 23.1. The Labute approximate surface area is 203 Å². The van der Waals surface area contributed by atoms with Crippen LogP contribution < -0.4 is 15.0 Å². The normalized spacial score (nSPS) is 15.5. The highest BCUT2D eigenvalue weighted by Crippen LogP contribution is 2.28. The van der Waals surface area contributed by atoms with E-state index in [1.165, 1.54) is 5.56 Å². The van der Waals surface area contributed by atoms with Crippen molar-refractivity contribution < 1.29 is 14.3 Å². The average molecular weight is 483 g/mol. The summed E-state index contributed by atoms with van der Waals surface area (Å²) in [5.41, 5.74) is 2.75. The fourth-order valence-corrected chi connectivity index (χ4v) is 4.24. The molecule has 1 aliphatic rings. The first-order chi connectivity index (χ1) is 16.0. The van der Waals surface area contributed by atoms with Gasteiger partial charge in [0.05, 0.1) is 5.92 Å². The van der Waals surface area contributed by atoms with Crippen molar-refractivity contribution in [3.05, 3.63) is 94.0 Å². The summed E-state index contributed by atoms with van der Waals surface area (Å²) in [6, 6.07) is 22.5. The molecule has 170 valence electrons. The quantitative estimate of drug-likeness (QED) is 0.474. The monoisotopic (exact) mass is 482 g/mol. The van der Waals surface area contributed by atoms with Crippen LogP contribution >= 0.6 is 23.2 Å². The molecule has 4 rings (SSSR count). The van der Waals surface area contributed by atoms with E-state index in [0.29, 0.717) is 35.5 Å². The Kier molecular flexibility index (Phi) is 7.53. The summed E-state index contributed by atoms with van der Waals surface area (Å²) in [7, 11) is 0. The van der Waals surface area contributed by atoms with Gasteiger partial charge in [0.2, 0.25) is 11.8 Å². The second kappa shape index (κ2) is 10.7. The lowest BCUT2D eigenvalue weighted by Crippen LogP contribution is -2.34. The number of benzene rings is 3. The molecule has 1 heterocycles. The van der Waals surface area contributed by atoms with Crippen LogP contribution in [0.3, 0.4) is 0 Å². The minimum Gasteiger partial charge on any atom is -0.489 e. The van der Waals surface area contributed by atoms with Crippen molar-refractivity contribution in [3.63, 3.8) is 0 Å². The molecule has 3 aromatic carbocycles. The molecule has 0 aliphatic carbocycles. The van der Waals surface area contributed by atoms with E-state index in [4.69, 9.17) is 27.9 Å². The summed E-state index contributed by atoms with van der Waals surface area (Å²) in [4.78, 5) is 26.7. The largest absolute Gasteiger partial charge is 0.489 e. The Bertz CT molecular complexity index is 1120. The van der Waals surface area contributed by atoms with E-state index in [-0.39, 0.29) is 24.2 Å². The SMILES string of the molecule is O=C(NCCc1ccccc1)C1CC(=O)N(c2ccc(OCc3ccc(Cl)cc3Cl)cc2)C1. The Hall–Kier alpha value is -3.02. The Balaban J connectivity index is 1.28. The van der Waals surface area contributed by atoms with Crippen LogP contribution in [-0.2, 0) is 22.6 Å². The van der Waals surface area contributed by atoms with Crippen LogP contribution in [0.25, 0.3) is 0 Å². The second-order valence-corrected chi connectivity index (χ2v) is 8.79. The van der Waals surface area contributed by atoms with Gasteiger partial charge in [0.15, 0.2) is 0 Å². The number of amides is 2. The number of halogens is 2. The summed E-state index contributed by atoms with van der Waals surface area (Å²) in [5, 5.41) is 4.08. The summed E-state index contributed by atoms with van der Waals surface area (Å²) in [6.07, 6.45) is 0.976. The smallest absolute Gasteiger partial charge is 0.227 e. The van der Waals surface area contributed by atoms with E-state index in [0.717, 1.165) is 17.7 Å². The van der Waals surface area contributed by atoms with Gasteiger partial charge in [0.1, 0.15) is 12.4 Å². The molecule has 1 unspecified atom stereocenters. The second-order valence-electron chi connectivity index (χ2n) is 7.95. The summed E-state index contributed by atoms with van der Waals surface area (Å²) >= 11 is 12.1. The summed E-state index contributed by atoms with van der Waals surface area (Å²) in [6.45, 7) is 1.23. The Morgan fingerprint density at radius 3 is 2.52 bits per heavy atom. The Morgan fingerprint density at radius 2 is 1.79 bits per heavy atom. The molecular formula is C26H24Cl2N2O3. The minimum absolute atomic E-state index is 0.0557. The molecule has 1 atom stereocenters. The number of anilines is 1. The fourth-order valence-electron chi connectivity index (χ4n) is 3.77. The predicted molar refractivity (Wildman–Crippen MR) is 131 cm³/mol. The van der Waals surface area contributed by atoms with Crippen LogP contribution in [0.15, 0.2) is 72.8 Å². The van der Waals surface area contributed by atoms with Gasteiger partial charge in [0, 0.05) is 40.8 Å². The van der Waals surface area contributed by atoms with Crippen molar-refractivity contribution >= 4 is 40.7 Å². The van der Waals surface area contributed by atoms with Crippen LogP contribution in [0, 0.1) is 5.92 Å². The third-order valence-corrected chi connectivity index (χ3v) is 6.20. The lowest BCUT2D eigenvalue weighted by atomic mass is 10.1. The molecule has 0 radical (unpaired) electrons. The maximum Gasteiger partial charge on any atom is 0.227 e. The topological polar surface area (TPSA) is 58.6 Å². The van der Waals surface area contributed by atoms with Gasteiger partial charge in [0.25, 0.3) is 0 Å². The molecule has 5 nitrogen and oxygen atoms in total. The van der Waals surface area contributed by atoms with Crippen molar-refractivity contribution in [2.24, 2.45) is 5.92 Å². The molecule has 1 N–H and O–H groups in total. The van der Waals surface area contributed by atoms with Gasteiger partial charge in [-0.15, -0.1) is 0 Å². The van der Waals surface area contributed by atoms with Gasteiger partial charge in [-0.2, -0.15) is 0 Å². The van der Waals surface area contributed by atoms with E-state index in [2.05, 4.69) is 5.32 Å². The molecular weight excluding hydrogens is 459 g/mol. The fraction of sp³-hybridized carbons (Fsp3) is 0.231. The Morgan fingerprint density at radius 1 is 1.03 bits per heavy atom. The van der Waals surface area contributed by atoms with E-state index in [1.54, 1.807) is 29.2 Å². The van der Waals surface area contributed by atoms with Gasteiger partial charge in [-0.05, 0) is 48.4 Å². The van der Waals surface area contributed by atoms with Crippen LogP contribution in [0.4, 0.5) is 5.69 Å². The summed E-state index contributed by atoms with van der Waals surface area (Å²) in [5.74, 6) is 0.171. The average Bonchev–Trinajstić information content (AvgIpc) is 3.21. The predicted octanol–water partition coefficient (Wildman–Crippen LogP) is 5.28. The van der Waals surface area contributed by atoms with Gasteiger partial charge < -0.3 is 15.0 Å². The summed E-state index contributed by atoms with van der Waals surface area (Å²) < 4.78 is 5.80. The molecule has 33 heavy (non-hydrogen) atoms. The molecule has 1 fully saturated rings. The van der Waals surface area contributed by atoms with Crippen LogP contribution in [0.2, 0.25) is 10.0 Å². The molecule has 0 bridgehead atoms. The number of nitrogens with one attached hydrogen (secondary N) is 1. The van der Waals surface area contributed by atoms with Crippen LogP contribution in [0.5, 0.6) is 5.75 Å². The van der Waals surface area contributed by atoms with Gasteiger partial charge >= 0.3 is 0 Å². The van der Waals surface area contributed by atoms with Gasteiger partial charge in [-0.25, -0.2) is 0 Å². The molecule has 0 spiro atoms. The zero-order valence-electron chi connectivity index (χ0n) is 18.0. The highest BCUT2D eigenvalue weighted by Gasteiger charge is 2.34. The van der Waals surface area contributed by atoms with Gasteiger partial charge in [-0.3, -0.25) is 9.59 Å². The van der Waals surface area contributed by atoms with Gasteiger partial charge in [-0.1, -0.05) is 59.6 Å². The number of ether oxygens (including phenoxy) is 1. The zero-order valence-corrected chi connectivity index (χ0v) is 19.5. The lowest BCUT2D eigenvalue weighted by Gasteiger charge is -2.17. The van der Waals surface area contributed by atoms with Crippen molar-refractivity contribution in [1.82, 2.24) is 5.32 Å². The van der Waals surface area contributed by atoms with Crippen molar-refractivity contribution in [2.75, 3.05) is 18.0 Å². The van der Waals surface area contributed by atoms with Crippen LogP contribution in [0.1, 0.15) is 17.5 Å². The number of carbonyl (C=O) groups excluding carboxylic acids is 2. The molecule has 3 aromatic rings. The van der Waals surface area contributed by atoms with E-state index in [1.807, 2.05) is 48.5 Å². The number of hydrogen-bond acceptors (Lipinski definition) is 3. The number of rotatable bonds is 8. The molecule has 7 heteroatoms. The maximum absolute atomic E-state index is 12.6. The zero-order chi connectivity index (χ0) is 23.2. The van der Waals surface area contributed by atoms with E-state index in [9.17, 15) is 9.59 Å². The number of hydrogen-bond donors (Lipinski definition) is 1. The third-order valence-electron chi connectivity index (χ3n) is 5.61. The molecule has 0 saturated carbocycles. The van der Waals surface area contributed by atoms with E-state index >= 15 is 0 Å². The minimum atomic E-state index is -0.351. The highest BCUT2D eigenvalue weighted by atomic mass is 35.5. The van der Waals surface area contributed by atoms with Crippen molar-refractivity contribution in [1.29, 1.82) is 0 Å². The first-order valence-corrected chi connectivity index (χ1v) is 11.5. The lowest BCUT2D eigenvalue weighted by molar-refractivity contribution is -0.126. The maximum atomic E-state index is 12.6.